The second kappa shape index (κ2) is 4.46. The van der Waals surface area contributed by atoms with Crippen LogP contribution in [0.25, 0.3) is 0 Å². The molecule has 0 heterocycles. The third-order valence-corrected chi connectivity index (χ3v) is 0.664. The van der Waals surface area contributed by atoms with Crippen molar-refractivity contribution >= 4 is 17.8 Å². The zero-order valence-corrected chi connectivity index (χ0v) is 5.03. The van der Waals surface area contributed by atoms with Crippen LogP contribution >= 0.6 is 11.8 Å². The highest BCUT2D eigenvalue weighted by Gasteiger charge is 1.89. The average molecular weight is 135 g/mol. The third-order valence-electron chi connectivity index (χ3n) is 0.493. The van der Waals surface area contributed by atoms with Crippen LogP contribution in [0.4, 0.5) is 4.79 Å². The van der Waals surface area contributed by atoms with Crippen molar-refractivity contribution in [1.82, 2.24) is 10.2 Å². The van der Waals surface area contributed by atoms with Crippen molar-refractivity contribution in [2.24, 2.45) is 0 Å². The van der Waals surface area contributed by atoms with E-state index in [4.69, 9.17) is 11.8 Å². The standard InChI is InChI=1S/C4H7ClN2O/c1-2-3-6-4(8)7-5/h2H,1,3H2,(H2,6,7,8). The minimum Gasteiger partial charge on any atom is -0.334 e. The number of rotatable bonds is 2. The molecule has 0 atom stereocenters. The Hall–Kier alpha value is -0.700. The van der Waals surface area contributed by atoms with Crippen molar-refractivity contribution in [3.63, 3.8) is 0 Å². The first kappa shape index (κ1) is 7.30. The van der Waals surface area contributed by atoms with Crippen molar-refractivity contribution in [3.05, 3.63) is 12.7 Å². The van der Waals surface area contributed by atoms with Crippen molar-refractivity contribution in [2.75, 3.05) is 6.54 Å². The monoisotopic (exact) mass is 134 g/mol. The van der Waals surface area contributed by atoms with Crippen LogP contribution in [0.2, 0.25) is 0 Å². The Morgan fingerprint density at radius 1 is 1.88 bits per heavy atom. The smallest absolute Gasteiger partial charge is 0.329 e. The van der Waals surface area contributed by atoms with Gasteiger partial charge in [-0.25, -0.2) is 9.63 Å². The van der Waals surface area contributed by atoms with Gasteiger partial charge < -0.3 is 5.32 Å². The molecule has 0 aliphatic rings. The summed E-state index contributed by atoms with van der Waals surface area (Å²) < 4.78 is 0. The zero-order valence-electron chi connectivity index (χ0n) is 4.28. The molecule has 0 spiro atoms. The number of halogens is 1. The lowest BCUT2D eigenvalue weighted by molar-refractivity contribution is 0.247. The number of nitrogens with one attached hydrogen (secondary N) is 2. The first-order chi connectivity index (χ1) is 3.81. The molecule has 4 heteroatoms. The minimum atomic E-state index is -0.411. The first-order valence-electron chi connectivity index (χ1n) is 2.06. The van der Waals surface area contributed by atoms with Crippen LogP contribution in [0.3, 0.4) is 0 Å². The quantitative estimate of drug-likeness (QED) is 0.422. The minimum absolute atomic E-state index is 0.411. The zero-order chi connectivity index (χ0) is 6.41. The molecule has 0 fully saturated rings. The lowest BCUT2D eigenvalue weighted by atomic mass is 10.6. The molecule has 2 N–H and O–H groups in total. The van der Waals surface area contributed by atoms with Crippen LogP contribution in [-0.2, 0) is 0 Å². The fraction of sp³-hybridized carbons (Fsp3) is 0.250. The summed E-state index contributed by atoms with van der Waals surface area (Å²) in [4.78, 5) is 12.0. The molecule has 0 aromatic carbocycles. The Morgan fingerprint density at radius 3 is 2.88 bits per heavy atom. The van der Waals surface area contributed by atoms with E-state index in [9.17, 15) is 4.79 Å². The number of amides is 2. The Bertz CT molecular complexity index is 94.0. The van der Waals surface area contributed by atoms with E-state index >= 15 is 0 Å². The Kier molecular flexibility index (Phi) is 4.07. The molecule has 0 aliphatic heterocycles. The van der Waals surface area contributed by atoms with Gasteiger partial charge >= 0.3 is 6.03 Å². The molecule has 0 rings (SSSR count). The van der Waals surface area contributed by atoms with Crippen LogP contribution in [-0.4, -0.2) is 12.6 Å². The van der Waals surface area contributed by atoms with Crippen molar-refractivity contribution in [3.8, 4) is 0 Å². The molecular formula is C4H7ClN2O. The van der Waals surface area contributed by atoms with Gasteiger partial charge in [0, 0.05) is 18.3 Å². The van der Waals surface area contributed by atoms with Gasteiger partial charge in [-0.05, 0) is 0 Å². The second-order valence-corrected chi connectivity index (χ2v) is 1.28. The van der Waals surface area contributed by atoms with E-state index in [2.05, 4.69) is 11.9 Å². The number of carbonyl (C=O) groups excluding carboxylic acids is 1. The summed E-state index contributed by atoms with van der Waals surface area (Å²) in [6.07, 6.45) is 1.56. The first-order valence-corrected chi connectivity index (χ1v) is 2.44. The Balaban J connectivity index is 3.11. The summed E-state index contributed by atoms with van der Waals surface area (Å²) >= 11 is 4.89. The predicted octanol–water partition coefficient (Wildman–Crippen LogP) is 0.625. The summed E-state index contributed by atoms with van der Waals surface area (Å²) in [6.45, 7) is 3.81. The molecule has 2 amide bonds. The molecular weight excluding hydrogens is 128 g/mol. The number of carbonyl (C=O) groups is 1. The van der Waals surface area contributed by atoms with E-state index in [1.807, 2.05) is 4.84 Å². The summed E-state index contributed by atoms with van der Waals surface area (Å²) in [6, 6.07) is -0.411. The van der Waals surface area contributed by atoms with E-state index < -0.39 is 6.03 Å². The Labute approximate surface area is 52.8 Å². The molecule has 46 valence electrons. The van der Waals surface area contributed by atoms with Gasteiger partial charge in [0.25, 0.3) is 0 Å². The molecule has 0 unspecified atom stereocenters. The van der Waals surface area contributed by atoms with Gasteiger partial charge in [-0.15, -0.1) is 6.58 Å². The van der Waals surface area contributed by atoms with Gasteiger partial charge in [-0.2, -0.15) is 0 Å². The molecule has 0 saturated carbocycles. The predicted molar refractivity (Wildman–Crippen MR) is 32.6 cm³/mol. The van der Waals surface area contributed by atoms with Gasteiger partial charge in [0.1, 0.15) is 0 Å². The maximum absolute atomic E-state index is 10.2. The Morgan fingerprint density at radius 2 is 2.50 bits per heavy atom. The fourth-order valence-corrected chi connectivity index (χ4v) is 0.265. The van der Waals surface area contributed by atoms with E-state index in [1.54, 1.807) is 6.08 Å². The van der Waals surface area contributed by atoms with Crippen molar-refractivity contribution in [2.45, 2.75) is 0 Å². The number of hydrogen-bond acceptors (Lipinski definition) is 1. The van der Waals surface area contributed by atoms with Crippen LogP contribution in [0.1, 0.15) is 0 Å². The average Bonchev–Trinajstić information content (AvgIpc) is 1.83. The van der Waals surface area contributed by atoms with Gasteiger partial charge in [-0.1, -0.05) is 6.08 Å². The normalized spacial score (nSPS) is 7.62. The maximum atomic E-state index is 10.2. The fourth-order valence-electron chi connectivity index (χ4n) is 0.198. The summed E-state index contributed by atoms with van der Waals surface area (Å²) in [7, 11) is 0. The largest absolute Gasteiger partial charge is 0.334 e. The van der Waals surface area contributed by atoms with Crippen LogP contribution < -0.4 is 10.2 Å². The van der Waals surface area contributed by atoms with Gasteiger partial charge in [0.05, 0.1) is 0 Å². The molecule has 8 heavy (non-hydrogen) atoms. The molecule has 0 aliphatic carbocycles. The molecule has 0 aromatic rings. The molecule has 0 aromatic heterocycles. The summed E-state index contributed by atoms with van der Waals surface area (Å²) in [5.41, 5.74) is 0. The SMILES string of the molecule is C=CCNC(=O)NCl. The number of hydrogen-bond donors (Lipinski definition) is 2. The highest BCUT2D eigenvalue weighted by Crippen LogP contribution is 1.65. The van der Waals surface area contributed by atoms with Crippen LogP contribution in [0, 0.1) is 0 Å². The van der Waals surface area contributed by atoms with E-state index in [-0.39, 0.29) is 0 Å². The van der Waals surface area contributed by atoms with Crippen molar-refractivity contribution < 1.29 is 4.79 Å². The highest BCUT2D eigenvalue weighted by molar-refractivity contribution is 6.21. The maximum Gasteiger partial charge on any atom is 0.329 e. The highest BCUT2D eigenvalue weighted by atomic mass is 35.5. The summed E-state index contributed by atoms with van der Waals surface area (Å²) in [5, 5.41) is 2.38. The van der Waals surface area contributed by atoms with Crippen molar-refractivity contribution in [1.29, 1.82) is 0 Å². The molecule has 0 saturated heterocycles. The second-order valence-electron chi connectivity index (χ2n) is 1.09. The van der Waals surface area contributed by atoms with Crippen LogP contribution in [0.5, 0.6) is 0 Å². The summed E-state index contributed by atoms with van der Waals surface area (Å²) in [5.74, 6) is 0. The molecule has 3 nitrogen and oxygen atoms in total. The lowest BCUT2D eigenvalue weighted by Gasteiger charge is -1.95. The van der Waals surface area contributed by atoms with E-state index in [0.717, 1.165) is 0 Å². The topological polar surface area (TPSA) is 41.1 Å². The number of urea groups is 1. The van der Waals surface area contributed by atoms with E-state index in [1.165, 1.54) is 0 Å². The van der Waals surface area contributed by atoms with Crippen LogP contribution in [0.15, 0.2) is 12.7 Å². The van der Waals surface area contributed by atoms with Gasteiger partial charge in [-0.3, -0.25) is 0 Å². The molecule has 0 radical (unpaired) electrons. The lowest BCUT2D eigenvalue weighted by Crippen LogP contribution is -2.29. The third kappa shape index (κ3) is 3.49. The van der Waals surface area contributed by atoms with Gasteiger partial charge in [0.2, 0.25) is 0 Å². The van der Waals surface area contributed by atoms with E-state index in [0.29, 0.717) is 6.54 Å². The molecule has 0 bridgehead atoms. The van der Waals surface area contributed by atoms with Gasteiger partial charge in [0.15, 0.2) is 0 Å².